The Bertz CT molecular complexity index is 1010. The fraction of sp³-hybridized carbons (Fsp3) is 0.643. The van der Waals surface area contributed by atoms with Crippen molar-refractivity contribution in [3.05, 3.63) is 35.0 Å². The van der Waals surface area contributed by atoms with Crippen LogP contribution in [-0.4, -0.2) is 54.1 Å². The summed E-state index contributed by atoms with van der Waals surface area (Å²) in [6.45, 7) is 3.68. The fourth-order valence-corrected chi connectivity index (χ4v) is 6.15. The molecule has 0 radical (unpaired) electrons. The van der Waals surface area contributed by atoms with Crippen molar-refractivity contribution in [3.63, 3.8) is 0 Å². The summed E-state index contributed by atoms with van der Waals surface area (Å²) in [7, 11) is 2.20. The maximum atomic E-state index is 13.0. The lowest BCUT2D eigenvalue weighted by atomic mass is 9.75. The van der Waals surface area contributed by atoms with E-state index in [1.165, 1.54) is 67.1 Å². The first-order valence-electron chi connectivity index (χ1n) is 13.3. The van der Waals surface area contributed by atoms with Gasteiger partial charge in [0.1, 0.15) is 0 Å². The van der Waals surface area contributed by atoms with Gasteiger partial charge in [0.15, 0.2) is 0 Å². The van der Waals surface area contributed by atoms with Gasteiger partial charge in [-0.3, -0.25) is 9.59 Å². The van der Waals surface area contributed by atoms with Gasteiger partial charge in [0.2, 0.25) is 6.41 Å². The number of amides is 2. The largest absolute Gasteiger partial charge is 0.381 e. The van der Waals surface area contributed by atoms with Crippen molar-refractivity contribution in [2.75, 3.05) is 26.3 Å². The topological polar surface area (TPSA) is 63.6 Å². The second-order valence-electron chi connectivity index (χ2n) is 10.6. The first-order valence-corrected chi connectivity index (χ1v) is 13.3. The molecule has 2 saturated heterocycles. The molecule has 6 rings (SSSR count). The Hall–Kier alpha value is -2.34. The normalized spacial score (nSPS) is 23.1. The van der Waals surface area contributed by atoms with Crippen LogP contribution in [0.25, 0.3) is 10.9 Å². The number of carbonyl (C=O) groups is 2. The van der Waals surface area contributed by atoms with Gasteiger partial charge >= 0.3 is 0 Å². The van der Waals surface area contributed by atoms with Gasteiger partial charge in [0.25, 0.3) is 5.91 Å². The Kier molecular flexibility index (Phi) is 7.23. The van der Waals surface area contributed by atoms with E-state index in [1.54, 1.807) is 0 Å². The molecule has 4 aliphatic rings. The molecular formula is C28H39N3O3. The molecule has 1 N–H and O–H groups in total. The molecule has 1 saturated carbocycles. The molecule has 1 unspecified atom stereocenters. The molecule has 6 nitrogen and oxygen atoms in total. The summed E-state index contributed by atoms with van der Waals surface area (Å²) < 4.78 is 7.96. The monoisotopic (exact) mass is 465 g/mol. The van der Waals surface area contributed by atoms with Gasteiger partial charge in [-0.05, 0) is 99.8 Å². The maximum absolute atomic E-state index is 13.0. The SMILES string of the molecule is Cn1c2c(c3cc(C(=O)N4CCCCC4)ccc31)CC(C1CCOCC1)CC2.O=CNC1CC1. The lowest BCUT2D eigenvalue weighted by molar-refractivity contribution is -0.109. The highest BCUT2D eigenvalue weighted by Gasteiger charge is 2.31. The number of piperidine rings is 1. The zero-order chi connectivity index (χ0) is 23.5. The van der Waals surface area contributed by atoms with Crippen LogP contribution in [0.15, 0.2) is 18.2 Å². The summed E-state index contributed by atoms with van der Waals surface area (Å²) >= 11 is 0. The van der Waals surface area contributed by atoms with E-state index in [-0.39, 0.29) is 5.91 Å². The summed E-state index contributed by atoms with van der Waals surface area (Å²) in [4.78, 5) is 24.6. The third-order valence-corrected chi connectivity index (χ3v) is 8.36. The van der Waals surface area contributed by atoms with Crippen LogP contribution in [-0.2, 0) is 29.4 Å². The molecule has 3 fully saturated rings. The summed E-state index contributed by atoms with van der Waals surface area (Å²) in [5.41, 5.74) is 5.15. The molecule has 0 spiro atoms. The molecule has 2 amide bonds. The number of nitrogens with zero attached hydrogens (tertiary/aromatic N) is 2. The highest BCUT2D eigenvalue weighted by Crippen LogP contribution is 2.39. The van der Waals surface area contributed by atoms with Gasteiger partial charge in [-0.15, -0.1) is 0 Å². The number of carbonyl (C=O) groups excluding carboxylic acids is 2. The Morgan fingerprint density at radius 1 is 1.03 bits per heavy atom. The molecule has 2 aliphatic heterocycles. The van der Waals surface area contributed by atoms with E-state index in [9.17, 15) is 9.59 Å². The molecule has 3 heterocycles. The van der Waals surface area contributed by atoms with Crippen molar-refractivity contribution in [1.29, 1.82) is 0 Å². The quantitative estimate of drug-likeness (QED) is 0.688. The van der Waals surface area contributed by atoms with Gasteiger partial charge < -0.3 is 19.5 Å². The van der Waals surface area contributed by atoms with Gasteiger partial charge in [-0.2, -0.15) is 0 Å². The summed E-state index contributed by atoms with van der Waals surface area (Å²) in [6, 6.07) is 6.94. The Morgan fingerprint density at radius 3 is 2.47 bits per heavy atom. The minimum absolute atomic E-state index is 0.219. The molecule has 2 aromatic rings. The second kappa shape index (κ2) is 10.5. The summed E-state index contributed by atoms with van der Waals surface area (Å²) in [5, 5.41) is 3.96. The number of hydrogen-bond acceptors (Lipinski definition) is 3. The number of aromatic nitrogens is 1. The van der Waals surface area contributed by atoms with Crippen LogP contribution in [0.5, 0.6) is 0 Å². The van der Waals surface area contributed by atoms with E-state index in [2.05, 4.69) is 29.1 Å². The number of likely N-dealkylation sites (tertiary alicyclic amines) is 1. The first kappa shape index (κ1) is 23.4. The zero-order valence-corrected chi connectivity index (χ0v) is 20.6. The zero-order valence-electron chi connectivity index (χ0n) is 20.6. The summed E-state index contributed by atoms with van der Waals surface area (Å²) in [6.07, 6.45) is 12.7. The molecule has 184 valence electrons. The average molecular weight is 466 g/mol. The second-order valence-corrected chi connectivity index (χ2v) is 10.6. The smallest absolute Gasteiger partial charge is 0.253 e. The lowest BCUT2D eigenvalue weighted by Gasteiger charge is -2.33. The van der Waals surface area contributed by atoms with Crippen molar-refractivity contribution in [1.82, 2.24) is 14.8 Å². The van der Waals surface area contributed by atoms with Crippen molar-refractivity contribution in [2.45, 2.75) is 70.3 Å². The molecule has 1 aromatic heterocycles. The Morgan fingerprint density at radius 2 is 1.79 bits per heavy atom. The van der Waals surface area contributed by atoms with Crippen LogP contribution in [0, 0.1) is 11.8 Å². The van der Waals surface area contributed by atoms with Gasteiger partial charge in [-0.1, -0.05) is 0 Å². The standard InChI is InChI=1S/C24H32N2O2.C4H7NO/c1-25-22-7-5-18(17-9-13-28-14-10-17)15-20(22)21-16-19(6-8-23(21)25)24(27)26-11-3-2-4-12-26;6-3-5-4-1-2-4/h6,8,16-18H,2-5,7,9-15H2,1H3;3-4H,1-2H2,(H,5,6). The molecule has 34 heavy (non-hydrogen) atoms. The van der Waals surface area contributed by atoms with Crippen molar-refractivity contribution in [3.8, 4) is 0 Å². The number of ether oxygens (including phenoxy) is 1. The van der Waals surface area contributed by atoms with Crippen LogP contribution in [0.4, 0.5) is 0 Å². The first-order chi connectivity index (χ1) is 16.7. The summed E-state index contributed by atoms with van der Waals surface area (Å²) in [5.74, 6) is 1.79. The van der Waals surface area contributed by atoms with E-state index >= 15 is 0 Å². The van der Waals surface area contributed by atoms with E-state index in [0.717, 1.165) is 69.4 Å². The number of fused-ring (bicyclic) bond motifs is 3. The highest BCUT2D eigenvalue weighted by atomic mass is 16.5. The predicted molar refractivity (Wildman–Crippen MR) is 134 cm³/mol. The van der Waals surface area contributed by atoms with Crippen LogP contribution in [0.2, 0.25) is 0 Å². The third kappa shape index (κ3) is 5.02. The third-order valence-electron chi connectivity index (χ3n) is 8.36. The van der Waals surface area contributed by atoms with Crippen LogP contribution < -0.4 is 5.32 Å². The number of nitrogens with one attached hydrogen (secondary N) is 1. The molecule has 1 aromatic carbocycles. The Labute approximate surface area is 203 Å². The van der Waals surface area contributed by atoms with Crippen molar-refractivity contribution >= 4 is 23.2 Å². The molecule has 1 atom stereocenters. The average Bonchev–Trinajstić information content (AvgIpc) is 3.68. The number of rotatable bonds is 4. The predicted octanol–water partition coefficient (Wildman–Crippen LogP) is 4.23. The minimum atomic E-state index is 0.219. The van der Waals surface area contributed by atoms with Gasteiger partial charge in [-0.25, -0.2) is 0 Å². The van der Waals surface area contributed by atoms with E-state index in [0.29, 0.717) is 6.04 Å². The van der Waals surface area contributed by atoms with Gasteiger partial charge in [0.05, 0.1) is 0 Å². The molecule has 0 bridgehead atoms. The van der Waals surface area contributed by atoms with E-state index in [4.69, 9.17) is 4.74 Å². The molecule has 2 aliphatic carbocycles. The number of hydrogen-bond donors (Lipinski definition) is 1. The van der Waals surface area contributed by atoms with Gasteiger partial charge in [0, 0.05) is 61.6 Å². The maximum Gasteiger partial charge on any atom is 0.253 e. The van der Waals surface area contributed by atoms with Crippen molar-refractivity contribution < 1.29 is 14.3 Å². The highest BCUT2D eigenvalue weighted by molar-refractivity contribution is 5.99. The number of aryl methyl sites for hydroxylation is 1. The van der Waals surface area contributed by atoms with Crippen LogP contribution in [0.1, 0.15) is 73.0 Å². The molecular weight excluding hydrogens is 426 g/mol. The fourth-order valence-electron chi connectivity index (χ4n) is 6.15. The van der Waals surface area contributed by atoms with E-state index in [1.807, 2.05) is 11.0 Å². The Balaban J connectivity index is 0.000000351. The van der Waals surface area contributed by atoms with Crippen LogP contribution in [0.3, 0.4) is 0 Å². The minimum Gasteiger partial charge on any atom is -0.381 e. The lowest BCUT2D eigenvalue weighted by Crippen LogP contribution is -2.35. The number of benzene rings is 1. The molecule has 6 heteroatoms. The van der Waals surface area contributed by atoms with Crippen molar-refractivity contribution in [2.24, 2.45) is 18.9 Å². The van der Waals surface area contributed by atoms with E-state index < -0.39 is 0 Å². The van der Waals surface area contributed by atoms with Crippen LogP contribution >= 0.6 is 0 Å².